The number of nitrogen functional groups attached to an aromatic ring is 1. The zero-order chi connectivity index (χ0) is 15.4. The van der Waals surface area contributed by atoms with Gasteiger partial charge in [-0.05, 0) is 37.6 Å². The van der Waals surface area contributed by atoms with Gasteiger partial charge >= 0.3 is 0 Å². The van der Waals surface area contributed by atoms with Crippen molar-refractivity contribution in [3.05, 3.63) is 46.2 Å². The summed E-state index contributed by atoms with van der Waals surface area (Å²) in [6, 6.07) is 8.05. The summed E-state index contributed by atoms with van der Waals surface area (Å²) in [5.41, 5.74) is 9.75. The maximum atomic E-state index is 6.36. The van der Waals surface area contributed by atoms with Crippen molar-refractivity contribution in [2.24, 2.45) is 7.05 Å². The number of rotatable bonds is 6. The van der Waals surface area contributed by atoms with Crippen LogP contribution in [0.4, 0.5) is 5.69 Å². The molecule has 1 heterocycles. The summed E-state index contributed by atoms with van der Waals surface area (Å²) in [6.07, 6.45) is 1.10. The van der Waals surface area contributed by atoms with Gasteiger partial charge in [-0.25, -0.2) is 0 Å². The fourth-order valence-electron chi connectivity index (χ4n) is 2.48. The first-order chi connectivity index (χ1) is 10.0. The van der Waals surface area contributed by atoms with Crippen LogP contribution in [0.15, 0.2) is 24.3 Å². The van der Waals surface area contributed by atoms with Gasteiger partial charge in [0.05, 0.1) is 16.4 Å². The molecule has 0 aliphatic heterocycles. The molecule has 0 aliphatic carbocycles. The first kappa shape index (κ1) is 15.9. The van der Waals surface area contributed by atoms with Gasteiger partial charge in [0.1, 0.15) is 0 Å². The summed E-state index contributed by atoms with van der Waals surface area (Å²) in [5.74, 6) is 0. The van der Waals surface area contributed by atoms with Gasteiger partial charge in [-0.3, -0.25) is 9.58 Å². The summed E-state index contributed by atoms with van der Waals surface area (Å²) in [5, 5.41) is 5.16. The molecule has 1 aromatic carbocycles. The van der Waals surface area contributed by atoms with E-state index in [-0.39, 0.29) is 0 Å². The molecule has 0 bridgehead atoms. The molecule has 2 rings (SSSR count). The molecule has 0 radical (unpaired) electrons. The third-order valence-electron chi connectivity index (χ3n) is 3.56. The molecule has 0 saturated carbocycles. The maximum Gasteiger partial charge on any atom is 0.0860 e. The predicted octanol–water partition coefficient (Wildman–Crippen LogP) is 3.38. The zero-order valence-electron chi connectivity index (χ0n) is 12.9. The SMILES string of the molecule is CCCN(Cc1ccc(N)cc1)Cc1c(Cl)c(C)nn1C. The molecule has 21 heavy (non-hydrogen) atoms. The van der Waals surface area contributed by atoms with Crippen molar-refractivity contribution in [1.29, 1.82) is 0 Å². The van der Waals surface area contributed by atoms with Gasteiger partial charge < -0.3 is 5.73 Å². The Kier molecular flexibility index (Phi) is 5.26. The van der Waals surface area contributed by atoms with E-state index in [0.717, 1.165) is 48.2 Å². The van der Waals surface area contributed by atoms with Gasteiger partial charge in [-0.15, -0.1) is 0 Å². The van der Waals surface area contributed by atoms with Crippen molar-refractivity contribution < 1.29 is 0 Å². The molecule has 4 nitrogen and oxygen atoms in total. The number of nitrogens with zero attached hydrogens (tertiary/aromatic N) is 3. The van der Waals surface area contributed by atoms with Gasteiger partial charge in [0.2, 0.25) is 0 Å². The number of hydrogen-bond donors (Lipinski definition) is 1. The van der Waals surface area contributed by atoms with E-state index < -0.39 is 0 Å². The van der Waals surface area contributed by atoms with Crippen molar-refractivity contribution in [2.45, 2.75) is 33.4 Å². The molecule has 5 heteroatoms. The van der Waals surface area contributed by atoms with Crippen molar-refractivity contribution in [3.63, 3.8) is 0 Å². The average molecular weight is 307 g/mol. The van der Waals surface area contributed by atoms with Crippen LogP contribution in [0.3, 0.4) is 0 Å². The fourth-order valence-corrected chi connectivity index (χ4v) is 2.70. The molecule has 0 saturated heterocycles. The molecule has 0 unspecified atom stereocenters. The van der Waals surface area contributed by atoms with Gasteiger partial charge in [0.15, 0.2) is 0 Å². The Labute approximate surface area is 131 Å². The Morgan fingerprint density at radius 3 is 2.43 bits per heavy atom. The minimum Gasteiger partial charge on any atom is -0.399 e. The van der Waals surface area contributed by atoms with Crippen LogP contribution in [0.1, 0.15) is 30.3 Å². The maximum absolute atomic E-state index is 6.36. The van der Waals surface area contributed by atoms with Crippen molar-refractivity contribution in [1.82, 2.24) is 14.7 Å². The van der Waals surface area contributed by atoms with Crippen LogP contribution in [0.2, 0.25) is 5.02 Å². The molecular weight excluding hydrogens is 284 g/mol. The quantitative estimate of drug-likeness (QED) is 0.832. The van der Waals surface area contributed by atoms with Crippen LogP contribution < -0.4 is 5.73 Å². The topological polar surface area (TPSA) is 47.1 Å². The number of benzene rings is 1. The van der Waals surface area contributed by atoms with Gasteiger partial charge in [0.25, 0.3) is 0 Å². The lowest BCUT2D eigenvalue weighted by Gasteiger charge is -2.22. The second-order valence-corrected chi connectivity index (χ2v) is 5.80. The minimum atomic E-state index is 0.774. The Hall–Kier alpha value is -1.52. The first-order valence-electron chi connectivity index (χ1n) is 7.26. The van der Waals surface area contributed by atoms with Crippen molar-refractivity contribution in [2.75, 3.05) is 12.3 Å². The van der Waals surface area contributed by atoms with E-state index >= 15 is 0 Å². The lowest BCUT2D eigenvalue weighted by Crippen LogP contribution is -2.25. The highest BCUT2D eigenvalue weighted by Gasteiger charge is 2.15. The summed E-state index contributed by atoms with van der Waals surface area (Å²) in [7, 11) is 1.95. The van der Waals surface area contributed by atoms with Crippen molar-refractivity contribution in [3.8, 4) is 0 Å². The molecule has 0 atom stereocenters. The highest BCUT2D eigenvalue weighted by Crippen LogP contribution is 2.22. The summed E-state index contributed by atoms with van der Waals surface area (Å²) < 4.78 is 1.88. The third kappa shape index (κ3) is 3.99. The predicted molar refractivity (Wildman–Crippen MR) is 88.2 cm³/mol. The second kappa shape index (κ2) is 6.96. The second-order valence-electron chi connectivity index (χ2n) is 5.42. The molecule has 1 aromatic heterocycles. The Morgan fingerprint density at radius 1 is 1.24 bits per heavy atom. The number of nitrogens with two attached hydrogens (primary N) is 1. The van der Waals surface area contributed by atoms with E-state index in [1.165, 1.54) is 5.56 Å². The van der Waals surface area contributed by atoms with E-state index in [1.54, 1.807) is 0 Å². The van der Waals surface area contributed by atoms with E-state index in [0.29, 0.717) is 0 Å². The van der Waals surface area contributed by atoms with E-state index in [4.69, 9.17) is 17.3 Å². The number of hydrogen-bond acceptors (Lipinski definition) is 3. The van der Waals surface area contributed by atoms with Crippen LogP contribution in [0.5, 0.6) is 0 Å². The third-order valence-corrected chi connectivity index (χ3v) is 4.05. The molecule has 0 spiro atoms. The van der Waals surface area contributed by atoms with E-state index in [2.05, 4.69) is 29.1 Å². The lowest BCUT2D eigenvalue weighted by atomic mass is 10.2. The molecule has 2 aromatic rings. The highest BCUT2D eigenvalue weighted by atomic mass is 35.5. The molecular formula is C16H23ClN4. The molecule has 114 valence electrons. The number of aromatic nitrogens is 2. The Balaban J connectivity index is 2.13. The minimum absolute atomic E-state index is 0.774. The zero-order valence-corrected chi connectivity index (χ0v) is 13.7. The molecule has 0 amide bonds. The van der Waals surface area contributed by atoms with E-state index in [1.807, 2.05) is 30.8 Å². The number of anilines is 1. The van der Waals surface area contributed by atoms with Crippen LogP contribution in [-0.4, -0.2) is 21.2 Å². The standard InChI is InChI=1S/C16H23ClN4/c1-4-9-21(10-13-5-7-14(18)8-6-13)11-15-16(17)12(2)19-20(15)3/h5-8H,4,9-11,18H2,1-3H3. The van der Waals surface area contributed by atoms with Crippen LogP contribution in [0, 0.1) is 6.92 Å². The van der Waals surface area contributed by atoms with Crippen LogP contribution in [-0.2, 0) is 20.1 Å². The van der Waals surface area contributed by atoms with Gasteiger partial charge in [0, 0.05) is 25.8 Å². The largest absolute Gasteiger partial charge is 0.399 e. The average Bonchev–Trinajstić information content (AvgIpc) is 2.68. The summed E-state index contributed by atoms with van der Waals surface area (Å²) in [6.45, 7) is 6.83. The normalized spacial score (nSPS) is 11.3. The molecule has 0 aliphatic rings. The smallest absolute Gasteiger partial charge is 0.0860 e. The summed E-state index contributed by atoms with van der Waals surface area (Å²) in [4.78, 5) is 2.38. The molecule has 0 fully saturated rings. The highest BCUT2D eigenvalue weighted by molar-refractivity contribution is 6.31. The Bertz CT molecular complexity index is 589. The first-order valence-corrected chi connectivity index (χ1v) is 7.63. The van der Waals surface area contributed by atoms with Crippen LogP contribution >= 0.6 is 11.6 Å². The van der Waals surface area contributed by atoms with Gasteiger partial charge in [-0.2, -0.15) is 5.10 Å². The monoisotopic (exact) mass is 306 g/mol. The van der Waals surface area contributed by atoms with E-state index in [9.17, 15) is 0 Å². The summed E-state index contributed by atoms with van der Waals surface area (Å²) >= 11 is 6.36. The Morgan fingerprint density at radius 2 is 1.90 bits per heavy atom. The lowest BCUT2D eigenvalue weighted by molar-refractivity contribution is 0.250. The number of halogens is 1. The number of aryl methyl sites for hydroxylation is 2. The fraction of sp³-hybridized carbons (Fsp3) is 0.438. The van der Waals surface area contributed by atoms with Gasteiger partial charge in [-0.1, -0.05) is 30.7 Å². The molecule has 2 N–H and O–H groups in total. The van der Waals surface area contributed by atoms with Crippen molar-refractivity contribution >= 4 is 17.3 Å². The van der Waals surface area contributed by atoms with Crippen LogP contribution in [0.25, 0.3) is 0 Å².